The number of piperazine rings is 1. The largest absolute Gasteiger partial charge is 0.481 e. The summed E-state index contributed by atoms with van der Waals surface area (Å²) in [5.74, 6) is 1.14. The Kier molecular flexibility index (Phi) is 7.81. The van der Waals surface area contributed by atoms with Crippen molar-refractivity contribution in [2.75, 3.05) is 38.1 Å². The number of aliphatic carboxylic acids is 1. The summed E-state index contributed by atoms with van der Waals surface area (Å²) >= 11 is 12.6. The molecule has 0 amide bonds. The number of nitrogens with zero attached hydrogens (tertiary/aromatic N) is 6. The molecule has 210 valence electrons. The molecule has 3 aromatic rings. The van der Waals surface area contributed by atoms with Crippen molar-refractivity contribution in [3.8, 4) is 23.0 Å². The van der Waals surface area contributed by atoms with E-state index in [1.165, 1.54) is 6.42 Å². The van der Waals surface area contributed by atoms with Crippen LogP contribution < -0.4 is 9.64 Å². The molecule has 4 fully saturated rings. The Morgan fingerprint density at radius 2 is 1.73 bits per heavy atom. The lowest BCUT2D eigenvalue weighted by Crippen LogP contribution is -2.67. The second-order valence-corrected chi connectivity index (χ2v) is 12.0. The molecule has 2 atom stereocenters. The highest BCUT2D eigenvalue weighted by Gasteiger charge is 2.42. The van der Waals surface area contributed by atoms with Gasteiger partial charge in [0.25, 0.3) is 0 Å². The quantitative estimate of drug-likeness (QED) is 0.383. The van der Waals surface area contributed by atoms with Crippen molar-refractivity contribution in [3.05, 3.63) is 58.3 Å². The van der Waals surface area contributed by atoms with Crippen LogP contribution in [0.2, 0.25) is 10.0 Å². The summed E-state index contributed by atoms with van der Waals surface area (Å²) in [5, 5.41) is 10.2. The van der Waals surface area contributed by atoms with E-state index >= 15 is 0 Å². The van der Waals surface area contributed by atoms with Crippen molar-refractivity contribution in [1.82, 2.24) is 24.8 Å². The summed E-state index contributed by atoms with van der Waals surface area (Å²) in [7, 11) is 2.19. The molecule has 1 aromatic carbocycles. The number of benzene rings is 1. The minimum Gasteiger partial charge on any atom is -0.481 e. The average molecular weight is 584 g/mol. The van der Waals surface area contributed by atoms with Crippen LogP contribution in [-0.4, -0.2) is 81.1 Å². The van der Waals surface area contributed by atoms with Crippen molar-refractivity contribution < 1.29 is 14.6 Å². The molecule has 4 saturated heterocycles. The summed E-state index contributed by atoms with van der Waals surface area (Å²) in [6.45, 7) is 4.30. The van der Waals surface area contributed by atoms with Crippen LogP contribution in [0.1, 0.15) is 31.2 Å². The lowest BCUT2D eigenvalue weighted by molar-refractivity contribution is -0.138. The lowest BCUT2D eigenvalue weighted by atomic mass is 9.88. The first-order valence-electron chi connectivity index (χ1n) is 13.7. The second-order valence-electron chi connectivity index (χ2n) is 11.1. The number of anilines is 1. The molecule has 40 heavy (non-hydrogen) atoms. The van der Waals surface area contributed by atoms with Gasteiger partial charge < -0.3 is 14.7 Å². The van der Waals surface area contributed by atoms with Crippen LogP contribution in [0.3, 0.4) is 0 Å². The molecule has 0 spiro atoms. The van der Waals surface area contributed by atoms with Gasteiger partial charge in [-0.3, -0.25) is 14.6 Å². The zero-order valence-corrected chi connectivity index (χ0v) is 23.9. The number of fused-ring (bicyclic) bond motifs is 2. The number of hydrogen-bond donors (Lipinski definition) is 1. The van der Waals surface area contributed by atoms with E-state index in [2.05, 4.69) is 31.7 Å². The summed E-state index contributed by atoms with van der Waals surface area (Å²) in [4.78, 5) is 32.1. The highest BCUT2D eigenvalue weighted by molar-refractivity contribution is 6.35. The van der Waals surface area contributed by atoms with E-state index in [1.54, 1.807) is 18.5 Å². The maximum atomic E-state index is 11.1. The van der Waals surface area contributed by atoms with E-state index in [-0.39, 0.29) is 12.3 Å². The number of aromatic nitrogens is 3. The molecule has 4 aliphatic heterocycles. The topological polar surface area (TPSA) is 94.9 Å². The number of likely N-dealkylation sites (N-methyl/N-ethyl adjacent to an activating group) is 1. The van der Waals surface area contributed by atoms with Crippen LogP contribution in [0.5, 0.6) is 11.8 Å². The predicted molar refractivity (Wildman–Crippen MR) is 154 cm³/mol. The van der Waals surface area contributed by atoms with Crippen LogP contribution >= 0.6 is 23.2 Å². The molecule has 1 N–H and O–H groups in total. The molecule has 0 aliphatic carbocycles. The Hall–Kier alpha value is -2.98. The van der Waals surface area contributed by atoms with Gasteiger partial charge in [0.2, 0.25) is 11.8 Å². The van der Waals surface area contributed by atoms with Gasteiger partial charge in [-0.15, -0.1) is 0 Å². The fourth-order valence-electron chi connectivity index (χ4n) is 6.02. The van der Waals surface area contributed by atoms with Crippen LogP contribution in [-0.2, 0) is 11.3 Å². The minimum absolute atomic E-state index is 0.229. The molecule has 7 rings (SSSR count). The molecule has 2 unspecified atom stereocenters. The Bertz CT molecular complexity index is 1350. The third-order valence-electron chi connectivity index (χ3n) is 8.30. The number of carboxylic acids is 1. The van der Waals surface area contributed by atoms with Gasteiger partial charge in [-0.05, 0) is 75.1 Å². The molecule has 2 aromatic heterocycles. The number of rotatable bonds is 8. The zero-order valence-electron chi connectivity index (χ0n) is 22.3. The minimum atomic E-state index is -0.726. The third-order valence-corrected chi connectivity index (χ3v) is 8.74. The van der Waals surface area contributed by atoms with Gasteiger partial charge in [0.05, 0.1) is 18.1 Å². The van der Waals surface area contributed by atoms with Gasteiger partial charge in [-0.25, -0.2) is 15.0 Å². The molecule has 0 radical (unpaired) electrons. The number of piperidine rings is 2. The number of carbonyl (C=O) groups is 1. The Labute approximate surface area is 243 Å². The summed E-state index contributed by atoms with van der Waals surface area (Å²) in [5.41, 5.74) is 2.51. The number of carboxylic acid groups (broad SMARTS) is 1. The first-order chi connectivity index (χ1) is 19.3. The molecule has 11 heteroatoms. The monoisotopic (exact) mass is 582 g/mol. The van der Waals surface area contributed by atoms with Crippen molar-refractivity contribution >= 4 is 35.0 Å². The first kappa shape index (κ1) is 27.2. The number of pyridine rings is 1. The van der Waals surface area contributed by atoms with Crippen LogP contribution in [0.25, 0.3) is 11.3 Å². The van der Waals surface area contributed by atoms with Crippen molar-refractivity contribution in [2.24, 2.45) is 5.92 Å². The second kappa shape index (κ2) is 11.5. The molecule has 2 bridgehead atoms. The van der Waals surface area contributed by atoms with Crippen molar-refractivity contribution in [3.63, 3.8) is 0 Å². The molecular weight excluding hydrogens is 551 g/mol. The number of halogens is 2. The lowest BCUT2D eigenvalue weighted by Gasteiger charge is -2.55. The SMILES string of the molecule is CN1C2CC1CN(c1cnc(Oc3cc(CN4CCC(CC(=O)O)CC4)cc(-c4cc(Cl)cc(Cl)c4)n3)cn1)C2. The number of hydrogen-bond acceptors (Lipinski definition) is 8. The number of likely N-dealkylation sites (tertiary alicyclic amines) is 1. The van der Waals surface area contributed by atoms with E-state index < -0.39 is 5.97 Å². The van der Waals surface area contributed by atoms with Gasteiger partial charge in [-0.2, -0.15) is 0 Å². The van der Waals surface area contributed by atoms with Crippen molar-refractivity contribution in [1.29, 1.82) is 0 Å². The van der Waals surface area contributed by atoms with Gasteiger partial charge in [0.1, 0.15) is 5.82 Å². The average Bonchev–Trinajstić information content (AvgIpc) is 2.93. The summed E-state index contributed by atoms with van der Waals surface area (Å²) < 4.78 is 6.12. The van der Waals surface area contributed by atoms with Gasteiger partial charge in [0, 0.05) is 59.8 Å². The van der Waals surface area contributed by atoms with Crippen LogP contribution in [0, 0.1) is 5.92 Å². The number of ether oxygens (including phenoxy) is 1. The van der Waals surface area contributed by atoms with E-state index in [4.69, 9.17) is 38.0 Å². The Morgan fingerprint density at radius 3 is 2.35 bits per heavy atom. The van der Waals surface area contributed by atoms with Gasteiger partial charge in [-0.1, -0.05) is 23.2 Å². The normalized spacial score (nSPS) is 21.7. The molecular formula is C29H32Cl2N6O3. The Balaban J connectivity index is 1.20. The molecule has 0 saturated carbocycles. The third kappa shape index (κ3) is 6.17. The highest BCUT2D eigenvalue weighted by atomic mass is 35.5. The highest BCUT2D eigenvalue weighted by Crippen LogP contribution is 2.33. The van der Waals surface area contributed by atoms with Gasteiger partial charge in [0.15, 0.2) is 0 Å². The maximum absolute atomic E-state index is 11.1. The van der Waals surface area contributed by atoms with Crippen molar-refractivity contribution in [2.45, 2.75) is 44.3 Å². The molecule has 9 nitrogen and oxygen atoms in total. The van der Waals surface area contributed by atoms with E-state index in [0.717, 1.165) is 56.0 Å². The van der Waals surface area contributed by atoms with Gasteiger partial charge >= 0.3 is 5.97 Å². The smallest absolute Gasteiger partial charge is 0.303 e. The summed E-state index contributed by atoms with van der Waals surface area (Å²) in [6, 6.07) is 10.5. The zero-order chi connectivity index (χ0) is 27.8. The molecule has 4 aliphatic rings. The van der Waals surface area contributed by atoms with E-state index in [1.807, 2.05) is 24.3 Å². The summed E-state index contributed by atoms with van der Waals surface area (Å²) in [6.07, 6.45) is 6.64. The fourth-order valence-corrected chi connectivity index (χ4v) is 6.55. The van der Waals surface area contributed by atoms with Crippen LogP contribution in [0.4, 0.5) is 5.82 Å². The van der Waals surface area contributed by atoms with E-state index in [0.29, 0.717) is 46.1 Å². The maximum Gasteiger partial charge on any atom is 0.303 e. The van der Waals surface area contributed by atoms with Crippen LogP contribution in [0.15, 0.2) is 42.7 Å². The fraction of sp³-hybridized carbons (Fsp3) is 0.448. The standard InChI is InChI=1S/C29H32Cl2N6O3/c1-35-23-12-24(35)17-37(16-23)26-13-33-28(14-32-26)40-27-7-19(15-36-4-2-18(3-5-36)8-29(38)39)6-25(34-27)20-9-21(30)11-22(31)10-20/h6-7,9-11,13-14,18,23-24H,2-5,8,12,15-17H2,1H3,(H,38,39). The van der Waals surface area contributed by atoms with E-state index in [9.17, 15) is 4.79 Å². The predicted octanol–water partition coefficient (Wildman–Crippen LogP) is 5.22. The Morgan fingerprint density at radius 1 is 1.00 bits per heavy atom. The first-order valence-corrected chi connectivity index (χ1v) is 14.4. The molecule has 6 heterocycles.